The highest BCUT2D eigenvalue weighted by molar-refractivity contribution is 7.89. The molecule has 1 saturated heterocycles. The van der Waals surface area contributed by atoms with E-state index in [1.807, 2.05) is 0 Å². The van der Waals surface area contributed by atoms with E-state index >= 15 is 0 Å². The second-order valence-corrected chi connectivity index (χ2v) is 8.16. The number of sulfonamides is 1. The van der Waals surface area contributed by atoms with Crippen molar-refractivity contribution in [2.75, 3.05) is 26.2 Å². The predicted octanol–water partition coefficient (Wildman–Crippen LogP) is 2.29. The molecule has 0 N–H and O–H groups in total. The molecule has 0 spiro atoms. The van der Waals surface area contributed by atoms with Gasteiger partial charge in [-0.2, -0.15) is 4.31 Å². The average Bonchev–Trinajstić information content (AvgIpc) is 2.68. The van der Waals surface area contributed by atoms with Gasteiger partial charge in [-0.1, -0.05) is 30.3 Å². The molecule has 0 aromatic heterocycles. The van der Waals surface area contributed by atoms with Crippen molar-refractivity contribution in [1.82, 2.24) is 9.21 Å². The number of benzene rings is 2. The molecule has 1 amide bonds. The summed E-state index contributed by atoms with van der Waals surface area (Å²) in [6.45, 7) is 1.35. The van der Waals surface area contributed by atoms with E-state index in [1.54, 1.807) is 47.4 Å². The molecular weight excluding hydrogens is 355 g/mol. The lowest BCUT2D eigenvalue weighted by Crippen LogP contribution is -2.50. The minimum absolute atomic E-state index is 0.00826. The lowest BCUT2D eigenvalue weighted by molar-refractivity contribution is -0.132. The van der Waals surface area contributed by atoms with Gasteiger partial charge in [-0.3, -0.25) is 4.79 Å². The smallest absolute Gasteiger partial charge is 0.243 e. The van der Waals surface area contributed by atoms with Crippen molar-refractivity contribution in [1.29, 1.82) is 0 Å². The summed E-state index contributed by atoms with van der Waals surface area (Å²) in [5.74, 6) is -0.304. The van der Waals surface area contributed by atoms with Gasteiger partial charge in [0.2, 0.25) is 15.9 Å². The molecule has 1 fully saturated rings. The molecule has 0 saturated carbocycles. The second-order valence-electron chi connectivity index (χ2n) is 6.22. The number of rotatable bonds is 5. The molecule has 1 aliphatic heterocycles. The van der Waals surface area contributed by atoms with Crippen molar-refractivity contribution in [3.8, 4) is 0 Å². The van der Waals surface area contributed by atoms with Gasteiger partial charge in [0.05, 0.1) is 4.90 Å². The number of carbonyl (C=O) groups excluding carboxylic acids is 1. The molecule has 0 radical (unpaired) electrons. The summed E-state index contributed by atoms with van der Waals surface area (Å²) >= 11 is 0. The largest absolute Gasteiger partial charge is 0.340 e. The maximum atomic E-state index is 12.9. The zero-order valence-electron chi connectivity index (χ0n) is 14.3. The maximum Gasteiger partial charge on any atom is 0.243 e. The quantitative estimate of drug-likeness (QED) is 0.805. The Hall–Kier alpha value is -2.25. The summed E-state index contributed by atoms with van der Waals surface area (Å²) < 4.78 is 39.5. The van der Waals surface area contributed by atoms with E-state index in [-0.39, 0.29) is 16.6 Å². The molecule has 5 nitrogen and oxygen atoms in total. The van der Waals surface area contributed by atoms with Crippen LogP contribution in [-0.2, 0) is 21.2 Å². The van der Waals surface area contributed by atoms with Crippen LogP contribution in [0.25, 0.3) is 0 Å². The van der Waals surface area contributed by atoms with Gasteiger partial charge in [0.15, 0.2) is 0 Å². The second kappa shape index (κ2) is 7.97. The van der Waals surface area contributed by atoms with Crippen molar-refractivity contribution in [3.63, 3.8) is 0 Å². The fraction of sp³-hybridized carbons (Fsp3) is 0.316. The first-order chi connectivity index (χ1) is 12.5. The molecule has 26 heavy (non-hydrogen) atoms. The van der Waals surface area contributed by atoms with Gasteiger partial charge in [0, 0.05) is 32.6 Å². The number of carbonyl (C=O) groups is 1. The molecule has 0 bridgehead atoms. The standard InChI is InChI=1S/C19H21FN2O3S/c20-17-9-6-16(7-10-17)8-11-19(23)21-12-14-22(15-13-21)26(24,25)18-4-2-1-3-5-18/h1-7,9-10H,8,11-15H2. The van der Waals surface area contributed by atoms with Crippen molar-refractivity contribution >= 4 is 15.9 Å². The molecule has 0 unspecified atom stereocenters. The third-order valence-corrected chi connectivity index (χ3v) is 6.43. The summed E-state index contributed by atoms with van der Waals surface area (Å²) in [4.78, 5) is 14.3. The number of hydrogen-bond acceptors (Lipinski definition) is 3. The van der Waals surface area contributed by atoms with Crippen LogP contribution in [0.3, 0.4) is 0 Å². The Morgan fingerprint density at radius 3 is 2.15 bits per heavy atom. The monoisotopic (exact) mass is 376 g/mol. The molecule has 0 atom stereocenters. The van der Waals surface area contributed by atoms with Crippen molar-refractivity contribution in [2.24, 2.45) is 0 Å². The Morgan fingerprint density at radius 2 is 1.54 bits per heavy atom. The summed E-state index contributed by atoms with van der Waals surface area (Å²) in [5, 5.41) is 0. The van der Waals surface area contributed by atoms with Gasteiger partial charge >= 0.3 is 0 Å². The fourth-order valence-electron chi connectivity index (χ4n) is 2.98. The van der Waals surface area contributed by atoms with Crippen LogP contribution in [0.5, 0.6) is 0 Å². The highest BCUT2D eigenvalue weighted by Gasteiger charge is 2.29. The Morgan fingerprint density at radius 1 is 0.923 bits per heavy atom. The molecular formula is C19H21FN2O3S. The highest BCUT2D eigenvalue weighted by Crippen LogP contribution is 2.17. The van der Waals surface area contributed by atoms with Gasteiger partial charge in [0.1, 0.15) is 5.82 Å². The Balaban J connectivity index is 1.53. The first-order valence-corrected chi connectivity index (χ1v) is 9.98. The molecule has 3 rings (SSSR count). The zero-order valence-corrected chi connectivity index (χ0v) is 15.2. The van der Waals surface area contributed by atoms with Crippen molar-refractivity contribution < 1.29 is 17.6 Å². The Bertz CT molecular complexity index is 846. The van der Waals surface area contributed by atoms with E-state index < -0.39 is 10.0 Å². The van der Waals surface area contributed by atoms with E-state index in [1.165, 1.54) is 16.4 Å². The number of nitrogens with zero attached hydrogens (tertiary/aromatic N) is 2. The third kappa shape index (κ3) is 4.28. The normalized spacial score (nSPS) is 15.8. The van der Waals surface area contributed by atoms with Gasteiger partial charge in [0.25, 0.3) is 0 Å². The minimum Gasteiger partial charge on any atom is -0.340 e. The Kier molecular flexibility index (Phi) is 5.68. The van der Waals surface area contributed by atoms with E-state index in [4.69, 9.17) is 0 Å². The number of halogens is 1. The molecule has 138 valence electrons. The van der Waals surface area contributed by atoms with Gasteiger partial charge in [-0.05, 0) is 36.2 Å². The van der Waals surface area contributed by atoms with Crippen LogP contribution in [-0.4, -0.2) is 49.7 Å². The van der Waals surface area contributed by atoms with Crippen molar-refractivity contribution in [2.45, 2.75) is 17.7 Å². The predicted molar refractivity (Wildman–Crippen MR) is 96.5 cm³/mol. The van der Waals surface area contributed by atoms with Crippen LogP contribution >= 0.6 is 0 Å². The lowest BCUT2D eigenvalue weighted by atomic mass is 10.1. The summed E-state index contributed by atoms with van der Waals surface area (Å²) in [6.07, 6.45) is 0.874. The summed E-state index contributed by atoms with van der Waals surface area (Å²) in [6, 6.07) is 14.4. The Labute approximate surface area is 153 Å². The third-order valence-electron chi connectivity index (χ3n) is 4.51. The SMILES string of the molecule is O=C(CCc1ccc(F)cc1)N1CCN(S(=O)(=O)c2ccccc2)CC1. The van der Waals surface area contributed by atoms with Gasteiger partial charge < -0.3 is 4.90 Å². The number of aryl methyl sites for hydroxylation is 1. The molecule has 2 aromatic rings. The minimum atomic E-state index is -3.51. The maximum absolute atomic E-state index is 12.9. The lowest BCUT2D eigenvalue weighted by Gasteiger charge is -2.34. The highest BCUT2D eigenvalue weighted by atomic mass is 32.2. The number of piperazine rings is 1. The van der Waals surface area contributed by atoms with Crippen LogP contribution in [0.2, 0.25) is 0 Å². The van der Waals surface area contributed by atoms with Crippen LogP contribution in [0.15, 0.2) is 59.5 Å². The van der Waals surface area contributed by atoms with Crippen LogP contribution in [0, 0.1) is 5.82 Å². The van der Waals surface area contributed by atoms with Crippen LogP contribution in [0.4, 0.5) is 4.39 Å². The van der Waals surface area contributed by atoms with Gasteiger partial charge in [-0.25, -0.2) is 12.8 Å². The van der Waals surface area contributed by atoms with E-state index in [0.29, 0.717) is 39.0 Å². The number of amides is 1. The first-order valence-electron chi connectivity index (χ1n) is 8.54. The topological polar surface area (TPSA) is 57.7 Å². The molecule has 1 heterocycles. The molecule has 7 heteroatoms. The fourth-order valence-corrected chi connectivity index (χ4v) is 4.42. The zero-order chi connectivity index (χ0) is 18.6. The van der Waals surface area contributed by atoms with Gasteiger partial charge in [-0.15, -0.1) is 0 Å². The average molecular weight is 376 g/mol. The van der Waals surface area contributed by atoms with Crippen LogP contribution < -0.4 is 0 Å². The van der Waals surface area contributed by atoms with E-state index in [9.17, 15) is 17.6 Å². The van der Waals surface area contributed by atoms with Crippen LogP contribution in [0.1, 0.15) is 12.0 Å². The summed E-state index contributed by atoms with van der Waals surface area (Å²) in [7, 11) is -3.51. The summed E-state index contributed by atoms with van der Waals surface area (Å²) in [5.41, 5.74) is 0.907. The molecule has 0 aliphatic carbocycles. The van der Waals surface area contributed by atoms with Crippen molar-refractivity contribution in [3.05, 3.63) is 66.0 Å². The molecule has 1 aliphatic rings. The van der Waals surface area contributed by atoms with E-state index in [0.717, 1.165) is 5.56 Å². The van der Waals surface area contributed by atoms with E-state index in [2.05, 4.69) is 0 Å². The molecule has 2 aromatic carbocycles. The first kappa shape index (κ1) is 18.5. The number of hydrogen-bond donors (Lipinski definition) is 0.